The number of carbonyl (C=O) groups excluding carboxylic acids is 1. The smallest absolute Gasteiger partial charge is 0.338 e. The Morgan fingerprint density at radius 3 is 2.43 bits per heavy atom. The highest BCUT2D eigenvalue weighted by Gasteiger charge is 2.28. The quantitative estimate of drug-likeness (QED) is 0.348. The van der Waals surface area contributed by atoms with Crippen molar-refractivity contribution < 1.29 is 27.2 Å². The topological polar surface area (TPSA) is 98.9 Å². The van der Waals surface area contributed by atoms with Gasteiger partial charge in [0.1, 0.15) is 5.76 Å². The van der Waals surface area contributed by atoms with E-state index in [0.29, 0.717) is 35.8 Å². The lowest BCUT2D eigenvalue weighted by Gasteiger charge is -2.29. The molecule has 0 radical (unpaired) electrons. The van der Waals surface area contributed by atoms with Crippen molar-refractivity contribution in [3.63, 3.8) is 0 Å². The molecule has 0 aliphatic heterocycles. The minimum Gasteiger partial charge on any atom is -0.462 e. The largest absolute Gasteiger partial charge is 0.462 e. The molecule has 35 heavy (non-hydrogen) atoms. The van der Waals surface area contributed by atoms with Gasteiger partial charge in [0.25, 0.3) is 10.0 Å². The van der Waals surface area contributed by atoms with Gasteiger partial charge in [0, 0.05) is 12.1 Å². The van der Waals surface area contributed by atoms with Gasteiger partial charge >= 0.3 is 5.97 Å². The molecule has 0 fully saturated rings. The molecule has 1 heterocycles. The van der Waals surface area contributed by atoms with Crippen LogP contribution in [0.1, 0.15) is 46.8 Å². The van der Waals surface area contributed by atoms with Gasteiger partial charge in [-0.1, -0.05) is 30.3 Å². The van der Waals surface area contributed by atoms with Crippen molar-refractivity contribution in [2.75, 3.05) is 24.1 Å². The summed E-state index contributed by atoms with van der Waals surface area (Å²) in [5.41, 5.74) is 3.21. The molecular formula is C26H32N2O6S. The number of benzene rings is 2. The summed E-state index contributed by atoms with van der Waals surface area (Å²) in [6.07, 6.45) is 0. The third-order valence-electron chi connectivity index (χ3n) is 5.62. The number of sulfonamides is 1. The first-order valence-corrected chi connectivity index (χ1v) is 12.9. The molecule has 188 valence electrons. The van der Waals surface area contributed by atoms with E-state index in [9.17, 15) is 13.2 Å². The van der Waals surface area contributed by atoms with Crippen molar-refractivity contribution in [2.24, 2.45) is 5.92 Å². The van der Waals surface area contributed by atoms with E-state index in [1.54, 1.807) is 62.4 Å². The average molecular weight is 501 g/mol. The Labute approximate surface area is 206 Å². The Morgan fingerprint density at radius 2 is 1.83 bits per heavy atom. The number of esters is 1. The summed E-state index contributed by atoms with van der Waals surface area (Å²) < 4.78 is 44.8. The van der Waals surface area contributed by atoms with E-state index in [1.807, 2.05) is 20.8 Å². The Hall–Kier alpha value is -3.17. The third-order valence-corrected chi connectivity index (χ3v) is 7.41. The van der Waals surface area contributed by atoms with Gasteiger partial charge in [0.2, 0.25) is 0 Å². The Kier molecular flexibility index (Phi) is 8.69. The molecule has 8 nitrogen and oxygen atoms in total. The first-order chi connectivity index (χ1) is 16.6. The molecule has 0 bridgehead atoms. The Balaban J connectivity index is 1.85. The fraction of sp³-hybridized carbons (Fsp3) is 0.385. The molecule has 1 atom stereocenters. The summed E-state index contributed by atoms with van der Waals surface area (Å²) in [6, 6.07) is 13.2. The standard InChI is InChI=1S/C26H32N2O6S/c1-6-33-26(29)22-12-13-25(19(3)14-22)28(35(30,31)23-10-8-7-9-11-23)15-18(2)16-32-17-24-20(4)27-34-21(24)5/h7-14,18H,6,15-17H2,1-5H3. The zero-order valence-electron chi connectivity index (χ0n) is 20.8. The maximum atomic E-state index is 13.7. The summed E-state index contributed by atoms with van der Waals surface area (Å²) in [6.45, 7) is 10.3. The summed E-state index contributed by atoms with van der Waals surface area (Å²) in [5, 5.41) is 3.93. The van der Waals surface area contributed by atoms with E-state index in [4.69, 9.17) is 14.0 Å². The molecular weight excluding hydrogens is 468 g/mol. The molecule has 0 aliphatic rings. The Morgan fingerprint density at radius 1 is 1.11 bits per heavy atom. The summed E-state index contributed by atoms with van der Waals surface area (Å²) in [5.74, 6) is 0.138. The maximum Gasteiger partial charge on any atom is 0.338 e. The molecule has 9 heteroatoms. The summed E-state index contributed by atoms with van der Waals surface area (Å²) in [7, 11) is -3.86. The van der Waals surface area contributed by atoms with Gasteiger partial charge in [0.15, 0.2) is 0 Å². The Bertz CT molecular complexity index is 1230. The van der Waals surface area contributed by atoms with Crippen LogP contribution in [0.3, 0.4) is 0 Å². The van der Waals surface area contributed by atoms with Crippen molar-refractivity contribution in [1.82, 2.24) is 5.16 Å². The van der Waals surface area contributed by atoms with Crippen LogP contribution in [0.2, 0.25) is 0 Å². The molecule has 0 saturated carbocycles. The highest BCUT2D eigenvalue weighted by molar-refractivity contribution is 7.92. The predicted octanol–water partition coefficient (Wildman–Crippen LogP) is 4.82. The lowest BCUT2D eigenvalue weighted by Crippen LogP contribution is -2.36. The number of aromatic nitrogens is 1. The highest BCUT2D eigenvalue weighted by Crippen LogP contribution is 2.29. The number of aryl methyl sites for hydroxylation is 3. The zero-order chi connectivity index (χ0) is 25.6. The normalized spacial score (nSPS) is 12.4. The second kappa shape index (κ2) is 11.5. The second-order valence-electron chi connectivity index (χ2n) is 8.49. The van der Waals surface area contributed by atoms with Crippen molar-refractivity contribution >= 4 is 21.7 Å². The van der Waals surface area contributed by atoms with Crippen molar-refractivity contribution in [3.05, 3.63) is 76.7 Å². The first-order valence-electron chi connectivity index (χ1n) is 11.5. The molecule has 1 aromatic heterocycles. The highest BCUT2D eigenvalue weighted by atomic mass is 32.2. The van der Waals surface area contributed by atoms with E-state index in [0.717, 1.165) is 11.3 Å². The van der Waals surface area contributed by atoms with E-state index in [-0.39, 0.29) is 24.0 Å². The van der Waals surface area contributed by atoms with Crippen LogP contribution in [-0.2, 0) is 26.1 Å². The van der Waals surface area contributed by atoms with Gasteiger partial charge in [-0.05, 0) is 69.5 Å². The lowest BCUT2D eigenvalue weighted by molar-refractivity contribution is 0.0526. The van der Waals surface area contributed by atoms with Crippen molar-refractivity contribution in [2.45, 2.75) is 46.1 Å². The van der Waals surface area contributed by atoms with Crippen LogP contribution in [0.5, 0.6) is 0 Å². The predicted molar refractivity (Wildman–Crippen MR) is 133 cm³/mol. The van der Waals surface area contributed by atoms with Crippen LogP contribution in [-0.4, -0.2) is 39.3 Å². The number of carbonyl (C=O) groups is 1. The van der Waals surface area contributed by atoms with Gasteiger partial charge in [-0.25, -0.2) is 13.2 Å². The number of anilines is 1. The fourth-order valence-corrected chi connectivity index (χ4v) is 5.40. The molecule has 3 aromatic rings. The van der Waals surface area contributed by atoms with Gasteiger partial charge in [0.05, 0.1) is 41.7 Å². The summed E-state index contributed by atoms with van der Waals surface area (Å²) in [4.78, 5) is 12.3. The molecule has 0 saturated heterocycles. The molecule has 2 aromatic carbocycles. The van der Waals surface area contributed by atoms with E-state index in [1.165, 1.54) is 4.31 Å². The minimum absolute atomic E-state index is 0.127. The van der Waals surface area contributed by atoms with Gasteiger partial charge in [-0.3, -0.25) is 4.31 Å². The van der Waals surface area contributed by atoms with E-state index >= 15 is 0 Å². The molecule has 0 spiro atoms. The van der Waals surface area contributed by atoms with E-state index < -0.39 is 16.0 Å². The molecule has 1 unspecified atom stereocenters. The summed E-state index contributed by atoms with van der Waals surface area (Å²) >= 11 is 0. The van der Waals surface area contributed by atoms with Crippen LogP contribution in [0.4, 0.5) is 5.69 Å². The SMILES string of the molecule is CCOC(=O)c1ccc(N(CC(C)COCc2c(C)noc2C)S(=O)(=O)c2ccccc2)c(C)c1. The van der Waals surface area contributed by atoms with Crippen LogP contribution < -0.4 is 4.31 Å². The number of hydrogen-bond donors (Lipinski definition) is 0. The monoisotopic (exact) mass is 500 g/mol. The molecule has 0 amide bonds. The van der Waals surface area contributed by atoms with Crippen molar-refractivity contribution in [3.8, 4) is 0 Å². The zero-order valence-corrected chi connectivity index (χ0v) is 21.6. The third kappa shape index (κ3) is 6.29. The number of hydrogen-bond acceptors (Lipinski definition) is 7. The first kappa shape index (κ1) is 26.4. The molecule has 0 aliphatic carbocycles. The molecule has 3 rings (SSSR count). The van der Waals surface area contributed by atoms with Gasteiger partial charge in [-0.2, -0.15) is 0 Å². The van der Waals surface area contributed by atoms with Crippen LogP contribution in [0, 0.1) is 26.7 Å². The van der Waals surface area contributed by atoms with Gasteiger partial charge < -0.3 is 14.0 Å². The fourth-order valence-electron chi connectivity index (χ4n) is 3.73. The van der Waals surface area contributed by atoms with Crippen LogP contribution >= 0.6 is 0 Å². The molecule has 0 N–H and O–H groups in total. The van der Waals surface area contributed by atoms with Crippen LogP contribution in [0.15, 0.2) is 57.9 Å². The van der Waals surface area contributed by atoms with Gasteiger partial charge in [-0.15, -0.1) is 0 Å². The minimum atomic E-state index is -3.86. The number of rotatable bonds is 11. The lowest BCUT2D eigenvalue weighted by atomic mass is 10.1. The maximum absolute atomic E-state index is 13.7. The number of ether oxygens (including phenoxy) is 2. The average Bonchev–Trinajstić information content (AvgIpc) is 3.15. The van der Waals surface area contributed by atoms with E-state index in [2.05, 4.69) is 5.16 Å². The van der Waals surface area contributed by atoms with Crippen molar-refractivity contribution in [1.29, 1.82) is 0 Å². The van der Waals surface area contributed by atoms with Crippen LogP contribution in [0.25, 0.3) is 0 Å². The number of nitrogens with zero attached hydrogens (tertiary/aromatic N) is 2. The second-order valence-corrected chi connectivity index (χ2v) is 10.4.